The number of esters is 1. The Labute approximate surface area is 115 Å². The molecular weight excluding hydrogens is 254 g/mol. The maximum atomic E-state index is 12.3. The van der Waals surface area contributed by atoms with Gasteiger partial charge in [0.1, 0.15) is 0 Å². The van der Waals surface area contributed by atoms with E-state index in [4.69, 9.17) is 4.74 Å². The Morgan fingerprint density at radius 2 is 2.00 bits per heavy atom. The third-order valence-electron chi connectivity index (χ3n) is 3.21. The molecule has 0 spiro atoms. The molecule has 20 heavy (non-hydrogen) atoms. The molecule has 0 radical (unpaired) electrons. The van der Waals surface area contributed by atoms with Crippen LogP contribution in [0.2, 0.25) is 0 Å². The fourth-order valence-electron chi connectivity index (χ4n) is 2.26. The van der Waals surface area contributed by atoms with Gasteiger partial charge in [-0.05, 0) is 36.6 Å². The van der Waals surface area contributed by atoms with Crippen molar-refractivity contribution in [2.45, 2.75) is 6.92 Å². The zero-order chi connectivity index (χ0) is 14.1. The summed E-state index contributed by atoms with van der Waals surface area (Å²) in [5.41, 5.74) is 1.04. The lowest BCUT2D eigenvalue weighted by Gasteiger charge is -2.06. The standard InChI is InChI=1S/C16H13NO3/c1-2-20-16(19)12-7-8-17-13(10-12)9-11-5-3-4-6-14(11)15(17)18/h3-10H,2H2,1H3. The highest BCUT2D eigenvalue weighted by Gasteiger charge is 2.09. The highest BCUT2D eigenvalue weighted by Crippen LogP contribution is 2.14. The summed E-state index contributed by atoms with van der Waals surface area (Å²) in [7, 11) is 0. The minimum absolute atomic E-state index is 0.0893. The Morgan fingerprint density at radius 3 is 2.80 bits per heavy atom. The number of pyridine rings is 2. The highest BCUT2D eigenvalue weighted by atomic mass is 16.5. The van der Waals surface area contributed by atoms with Crippen molar-refractivity contribution < 1.29 is 9.53 Å². The van der Waals surface area contributed by atoms with Crippen LogP contribution in [0.25, 0.3) is 16.3 Å². The molecule has 0 bridgehead atoms. The zero-order valence-corrected chi connectivity index (χ0v) is 11.0. The van der Waals surface area contributed by atoms with Crippen molar-refractivity contribution in [3.05, 3.63) is 64.6 Å². The number of aromatic nitrogens is 1. The number of hydrogen-bond donors (Lipinski definition) is 0. The minimum Gasteiger partial charge on any atom is -0.462 e. The van der Waals surface area contributed by atoms with Crippen LogP contribution in [-0.4, -0.2) is 17.0 Å². The first kappa shape index (κ1) is 12.4. The summed E-state index contributed by atoms with van der Waals surface area (Å²) in [4.78, 5) is 24.1. The molecule has 4 nitrogen and oxygen atoms in total. The van der Waals surface area contributed by atoms with E-state index < -0.39 is 0 Å². The molecule has 0 unspecified atom stereocenters. The molecule has 2 aromatic heterocycles. The molecule has 0 saturated heterocycles. The Kier molecular flexibility index (Phi) is 2.99. The van der Waals surface area contributed by atoms with Crippen molar-refractivity contribution in [3.8, 4) is 0 Å². The fourth-order valence-corrected chi connectivity index (χ4v) is 2.26. The van der Waals surface area contributed by atoms with Crippen molar-refractivity contribution in [2.75, 3.05) is 6.61 Å². The molecule has 100 valence electrons. The highest BCUT2D eigenvalue weighted by molar-refractivity contribution is 5.92. The van der Waals surface area contributed by atoms with Crippen molar-refractivity contribution in [1.29, 1.82) is 0 Å². The number of carbonyl (C=O) groups is 1. The van der Waals surface area contributed by atoms with Crippen LogP contribution in [0.4, 0.5) is 0 Å². The van der Waals surface area contributed by atoms with Crippen LogP contribution in [0.1, 0.15) is 17.3 Å². The molecule has 0 aliphatic carbocycles. The Bertz CT molecular complexity index is 864. The number of fused-ring (bicyclic) bond motifs is 2. The monoisotopic (exact) mass is 267 g/mol. The van der Waals surface area contributed by atoms with Gasteiger partial charge in [-0.2, -0.15) is 0 Å². The van der Waals surface area contributed by atoms with E-state index in [-0.39, 0.29) is 11.5 Å². The van der Waals surface area contributed by atoms with E-state index in [1.165, 1.54) is 4.40 Å². The summed E-state index contributed by atoms with van der Waals surface area (Å²) >= 11 is 0. The largest absolute Gasteiger partial charge is 0.462 e. The Balaban J connectivity index is 2.27. The predicted octanol–water partition coefficient (Wildman–Crippen LogP) is 2.63. The second kappa shape index (κ2) is 4.81. The second-order valence-electron chi connectivity index (χ2n) is 4.47. The second-order valence-corrected chi connectivity index (χ2v) is 4.47. The Hall–Kier alpha value is -2.62. The van der Waals surface area contributed by atoms with Crippen LogP contribution in [0.15, 0.2) is 53.5 Å². The third kappa shape index (κ3) is 1.95. The zero-order valence-electron chi connectivity index (χ0n) is 11.0. The first-order valence-corrected chi connectivity index (χ1v) is 6.42. The summed E-state index contributed by atoms with van der Waals surface area (Å²) in [6.45, 7) is 2.09. The molecule has 0 atom stereocenters. The van der Waals surface area contributed by atoms with Gasteiger partial charge in [-0.15, -0.1) is 0 Å². The first-order valence-electron chi connectivity index (χ1n) is 6.42. The normalized spacial score (nSPS) is 10.8. The first-order chi connectivity index (χ1) is 9.70. The van der Waals surface area contributed by atoms with E-state index in [0.29, 0.717) is 23.1 Å². The SMILES string of the molecule is CCOC(=O)c1ccn2c(=O)c3ccccc3cc2c1. The van der Waals surface area contributed by atoms with Gasteiger partial charge in [0.05, 0.1) is 17.7 Å². The Morgan fingerprint density at radius 1 is 1.20 bits per heavy atom. The molecule has 2 heterocycles. The van der Waals surface area contributed by atoms with Crippen molar-refractivity contribution in [3.63, 3.8) is 0 Å². The summed E-state index contributed by atoms with van der Waals surface area (Å²) in [5, 5.41) is 1.52. The van der Waals surface area contributed by atoms with Crippen LogP contribution in [0.3, 0.4) is 0 Å². The van der Waals surface area contributed by atoms with Gasteiger partial charge in [0.15, 0.2) is 0 Å². The molecule has 0 saturated carbocycles. The van der Waals surface area contributed by atoms with Crippen molar-refractivity contribution in [2.24, 2.45) is 0 Å². The average Bonchev–Trinajstić information content (AvgIpc) is 2.47. The molecule has 0 aliphatic rings. The van der Waals surface area contributed by atoms with E-state index in [0.717, 1.165) is 5.39 Å². The van der Waals surface area contributed by atoms with E-state index in [1.807, 2.05) is 24.3 Å². The fraction of sp³-hybridized carbons (Fsp3) is 0.125. The van der Waals surface area contributed by atoms with E-state index in [9.17, 15) is 9.59 Å². The molecule has 1 aromatic carbocycles. The number of ether oxygens (including phenoxy) is 1. The van der Waals surface area contributed by atoms with Gasteiger partial charge >= 0.3 is 5.97 Å². The smallest absolute Gasteiger partial charge is 0.338 e. The number of hydrogen-bond acceptors (Lipinski definition) is 3. The predicted molar refractivity (Wildman–Crippen MR) is 77.1 cm³/mol. The molecule has 0 N–H and O–H groups in total. The van der Waals surface area contributed by atoms with E-state index >= 15 is 0 Å². The van der Waals surface area contributed by atoms with Crippen LogP contribution in [0, 0.1) is 0 Å². The van der Waals surface area contributed by atoms with Gasteiger partial charge in [0.2, 0.25) is 0 Å². The van der Waals surface area contributed by atoms with Crippen LogP contribution in [0.5, 0.6) is 0 Å². The lowest BCUT2D eigenvalue weighted by Crippen LogP contribution is -2.14. The van der Waals surface area contributed by atoms with Gasteiger partial charge in [-0.3, -0.25) is 9.20 Å². The number of rotatable bonds is 2. The van der Waals surface area contributed by atoms with Crippen LogP contribution in [-0.2, 0) is 4.74 Å². The molecule has 3 rings (SSSR count). The van der Waals surface area contributed by atoms with E-state index in [2.05, 4.69) is 0 Å². The quantitative estimate of drug-likeness (QED) is 0.529. The summed E-state index contributed by atoms with van der Waals surface area (Å²) in [6.07, 6.45) is 1.61. The number of benzene rings is 1. The van der Waals surface area contributed by atoms with Gasteiger partial charge in [-0.25, -0.2) is 4.79 Å². The number of nitrogens with zero attached hydrogens (tertiary/aromatic N) is 1. The van der Waals surface area contributed by atoms with Gasteiger partial charge in [0.25, 0.3) is 5.56 Å². The molecule has 0 fully saturated rings. The van der Waals surface area contributed by atoms with E-state index in [1.54, 1.807) is 31.3 Å². The van der Waals surface area contributed by atoms with Gasteiger partial charge < -0.3 is 4.74 Å². The molecule has 4 heteroatoms. The van der Waals surface area contributed by atoms with Crippen LogP contribution >= 0.6 is 0 Å². The number of carbonyl (C=O) groups excluding carboxylic acids is 1. The summed E-state index contributed by atoms with van der Waals surface area (Å²) in [6, 6.07) is 12.6. The average molecular weight is 267 g/mol. The third-order valence-corrected chi connectivity index (χ3v) is 3.21. The maximum Gasteiger partial charge on any atom is 0.338 e. The van der Waals surface area contributed by atoms with Gasteiger partial charge in [0, 0.05) is 11.6 Å². The maximum absolute atomic E-state index is 12.3. The van der Waals surface area contributed by atoms with Crippen molar-refractivity contribution in [1.82, 2.24) is 4.40 Å². The van der Waals surface area contributed by atoms with Crippen LogP contribution < -0.4 is 5.56 Å². The van der Waals surface area contributed by atoms with Gasteiger partial charge in [-0.1, -0.05) is 18.2 Å². The summed E-state index contributed by atoms with van der Waals surface area (Å²) < 4.78 is 6.50. The lowest BCUT2D eigenvalue weighted by molar-refractivity contribution is 0.0526. The molecular formula is C16H13NO3. The molecule has 0 amide bonds. The lowest BCUT2D eigenvalue weighted by atomic mass is 10.1. The minimum atomic E-state index is -0.379. The molecule has 0 aliphatic heterocycles. The topological polar surface area (TPSA) is 47.8 Å². The summed E-state index contributed by atoms with van der Waals surface area (Å²) in [5.74, 6) is -0.379. The molecule has 3 aromatic rings. The van der Waals surface area contributed by atoms with Crippen molar-refractivity contribution >= 4 is 22.3 Å².